The van der Waals surface area contributed by atoms with Gasteiger partial charge in [-0.15, -0.1) is 0 Å². The molecule has 3 rings (SSSR count). The van der Waals surface area contributed by atoms with Crippen molar-refractivity contribution in [2.45, 2.75) is 9.65 Å². The van der Waals surface area contributed by atoms with Crippen molar-refractivity contribution < 1.29 is 0 Å². The highest BCUT2D eigenvalue weighted by atomic mass is 79.9. The molecule has 90 valence electrons. The summed E-state index contributed by atoms with van der Waals surface area (Å²) < 4.78 is 0. The molecule has 2 heteroatoms. The molecule has 1 aliphatic carbocycles. The average molecular weight is 364 g/mol. The standard InChI is InChI=1S/C16H12Br2/c17-15-10-14(11-6-2-1-3-7-11)16(18)13-9-5-4-8-12(13)15/h1-10,15-16H/t15-,16-/m1/s1. The van der Waals surface area contributed by atoms with Crippen LogP contribution in [-0.2, 0) is 0 Å². The Balaban J connectivity index is 2.10. The first-order valence-electron chi connectivity index (χ1n) is 5.91. The Morgan fingerprint density at radius 1 is 0.722 bits per heavy atom. The summed E-state index contributed by atoms with van der Waals surface area (Å²) in [4.78, 5) is 0.558. The maximum atomic E-state index is 3.83. The van der Waals surface area contributed by atoms with E-state index < -0.39 is 0 Å². The molecule has 2 aromatic rings. The number of halogens is 2. The third-order valence-corrected chi connectivity index (χ3v) is 5.02. The van der Waals surface area contributed by atoms with E-state index in [4.69, 9.17) is 0 Å². The zero-order chi connectivity index (χ0) is 12.5. The fourth-order valence-electron chi connectivity index (χ4n) is 2.37. The molecule has 0 bridgehead atoms. The molecule has 0 nitrogen and oxygen atoms in total. The van der Waals surface area contributed by atoms with Gasteiger partial charge in [0, 0.05) is 0 Å². The SMILES string of the molecule is Br[C@@H]1C=C(c2ccccc2)[C@H](Br)c2ccccc21. The lowest BCUT2D eigenvalue weighted by Crippen LogP contribution is -2.06. The highest BCUT2D eigenvalue weighted by Gasteiger charge is 2.25. The average Bonchev–Trinajstić information content (AvgIpc) is 2.44. The summed E-state index contributed by atoms with van der Waals surface area (Å²) in [5.74, 6) is 0. The predicted octanol–water partition coefficient (Wildman–Crippen LogP) is 5.66. The van der Waals surface area contributed by atoms with Crippen molar-refractivity contribution in [1.29, 1.82) is 0 Å². The summed E-state index contributed by atoms with van der Waals surface area (Å²) in [5.41, 5.74) is 5.30. The third-order valence-electron chi connectivity index (χ3n) is 3.27. The van der Waals surface area contributed by atoms with Gasteiger partial charge in [-0.05, 0) is 22.3 Å². The molecular formula is C16H12Br2. The molecule has 0 amide bonds. The van der Waals surface area contributed by atoms with E-state index in [9.17, 15) is 0 Å². The number of fused-ring (bicyclic) bond motifs is 1. The van der Waals surface area contributed by atoms with Gasteiger partial charge in [0.15, 0.2) is 0 Å². The molecule has 0 aromatic heterocycles. The van der Waals surface area contributed by atoms with Gasteiger partial charge in [0.1, 0.15) is 0 Å². The zero-order valence-corrected chi connectivity index (χ0v) is 12.9. The third kappa shape index (κ3) is 2.08. The van der Waals surface area contributed by atoms with Gasteiger partial charge < -0.3 is 0 Å². The number of allylic oxidation sites excluding steroid dienone is 2. The van der Waals surface area contributed by atoms with E-state index in [1.54, 1.807) is 0 Å². The van der Waals surface area contributed by atoms with Gasteiger partial charge in [-0.25, -0.2) is 0 Å². The largest absolute Gasteiger partial charge is 0.0793 e. The van der Waals surface area contributed by atoms with Gasteiger partial charge in [0.25, 0.3) is 0 Å². The molecule has 18 heavy (non-hydrogen) atoms. The lowest BCUT2D eigenvalue weighted by atomic mass is 9.88. The van der Waals surface area contributed by atoms with Crippen LogP contribution < -0.4 is 0 Å². The van der Waals surface area contributed by atoms with Crippen LogP contribution in [0.1, 0.15) is 26.3 Å². The van der Waals surface area contributed by atoms with Crippen molar-refractivity contribution in [2.24, 2.45) is 0 Å². The Morgan fingerprint density at radius 2 is 1.33 bits per heavy atom. The maximum absolute atomic E-state index is 3.83. The second kappa shape index (κ2) is 5.02. The second-order valence-corrected chi connectivity index (χ2v) is 6.28. The molecule has 0 spiro atoms. The van der Waals surface area contributed by atoms with Crippen LogP contribution in [0.3, 0.4) is 0 Å². The summed E-state index contributed by atoms with van der Waals surface area (Å²) in [6.45, 7) is 0. The van der Waals surface area contributed by atoms with Crippen LogP contribution in [0.5, 0.6) is 0 Å². The fourth-order valence-corrected chi connectivity index (χ4v) is 3.90. The normalized spacial score (nSPS) is 22.2. The van der Waals surface area contributed by atoms with Gasteiger partial charge in [-0.3, -0.25) is 0 Å². The van der Waals surface area contributed by atoms with Crippen molar-refractivity contribution >= 4 is 37.4 Å². The Labute approximate surface area is 124 Å². The van der Waals surface area contributed by atoms with E-state index >= 15 is 0 Å². The number of rotatable bonds is 1. The molecule has 0 heterocycles. The molecule has 1 aliphatic rings. The Morgan fingerprint density at radius 3 is 2.06 bits per heavy atom. The quantitative estimate of drug-likeness (QED) is 0.574. The van der Waals surface area contributed by atoms with E-state index in [1.807, 2.05) is 0 Å². The maximum Gasteiger partial charge on any atom is 0.0651 e. The topological polar surface area (TPSA) is 0 Å². The molecule has 0 unspecified atom stereocenters. The summed E-state index contributed by atoms with van der Waals surface area (Å²) in [5, 5.41) is 0. The molecule has 0 radical (unpaired) electrons. The van der Waals surface area contributed by atoms with E-state index in [2.05, 4.69) is 92.5 Å². The fraction of sp³-hybridized carbons (Fsp3) is 0.125. The monoisotopic (exact) mass is 362 g/mol. The van der Waals surface area contributed by atoms with E-state index in [0.29, 0.717) is 0 Å². The number of hydrogen-bond acceptors (Lipinski definition) is 0. The number of benzene rings is 2. The molecular weight excluding hydrogens is 352 g/mol. The first kappa shape index (κ1) is 12.2. The first-order chi connectivity index (χ1) is 8.77. The highest BCUT2D eigenvalue weighted by molar-refractivity contribution is 9.09. The molecule has 0 N–H and O–H groups in total. The predicted molar refractivity (Wildman–Crippen MR) is 84.2 cm³/mol. The van der Waals surface area contributed by atoms with Crippen LogP contribution in [0, 0.1) is 0 Å². The molecule has 0 saturated carbocycles. The van der Waals surface area contributed by atoms with Gasteiger partial charge in [0.05, 0.1) is 9.65 Å². The van der Waals surface area contributed by atoms with Crippen LogP contribution in [0.2, 0.25) is 0 Å². The van der Waals surface area contributed by atoms with E-state index in [-0.39, 0.29) is 9.65 Å². The van der Waals surface area contributed by atoms with Crippen molar-refractivity contribution in [3.05, 3.63) is 77.4 Å². The summed E-state index contributed by atoms with van der Waals surface area (Å²) in [6.07, 6.45) is 2.29. The summed E-state index contributed by atoms with van der Waals surface area (Å²) in [7, 11) is 0. The molecule has 0 fully saturated rings. The summed E-state index contributed by atoms with van der Waals surface area (Å²) in [6, 6.07) is 19.1. The minimum Gasteiger partial charge on any atom is -0.0793 e. The zero-order valence-electron chi connectivity index (χ0n) is 9.68. The van der Waals surface area contributed by atoms with Gasteiger partial charge in [-0.2, -0.15) is 0 Å². The number of hydrogen-bond donors (Lipinski definition) is 0. The van der Waals surface area contributed by atoms with Crippen LogP contribution in [-0.4, -0.2) is 0 Å². The molecule has 0 aliphatic heterocycles. The van der Waals surface area contributed by atoms with E-state index in [0.717, 1.165) is 0 Å². The Kier molecular flexibility index (Phi) is 3.40. The lowest BCUT2D eigenvalue weighted by Gasteiger charge is -2.26. The van der Waals surface area contributed by atoms with Crippen LogP contribution in [0.15, 0.2) is 60.7 Å². The minimum atomic E-state index is 0.268. The number of alkyl halides is 2. The van der Waals surface area contributed by atoms with Crippen molar-refractivity contribution in [1.82, 2.24) is 0 Å². The van der Waals surface area contributed by atoms with E-state index in [1.165, 1.54) is 22.3 Å². The highest BCUT2D eigenvalue weighted by Crippen LogP contribution is 2.47. The second-order valence-electron chi connectivity index (χ2n) is 4.38. The lowest BCUT2D eigenvalue weighted by molar-refractivity contribution is 1.09. The molecule has 2 aromatic carbocycles. The smallest absolute Gasteiger partial charge is 0.0651 e. The Bertz CT molecular complexity index is 587. The molecule has 2 atom stereocenters. The van der Waals surface area contributed by atoms with Crippen LogP contribution >= 0.6 is 31.9 Å². The van der Waals surface area contributed by atoms with Crippen LogP contribution in [0.4, 0.5) is 0 Å². The van der Waals surface area contributed by atoms with Crippen molar-refractivity contribution in [3.63, 3.8) is 0 Å². The van der Waals surface area contributed by atoms with Crippen molar-refractivity contribution in [2.75, 3.05) is 0 Å². The summed E-state index contributed by atoms with van der Waals surface area (Å²) >= 11 is 7.58. The first-order valence-corrected chi connectivity index (χ1v) is 7.74. The minimum absolute atomic E-state index is 0.268. The van der Waals surface area contributed by atoms with Crippen molar-refractivity contribution in [3.8, 4) is 0 Å². The van der Waals surface area contributed by atoms with Gasteiger partial charge in [-0.1, -0.05) is 92.5 Å². The Hall–Kier alpha value is -0.860. The van der Waals surface area contributed by atoms with Gasteiger partial charge >= 0.3 is 0 Å². The van der Waals surface area contributed by atoms with Crippen LogP contribution in [0.25, 0.3) is 5.57 Å². The molecule has 0 saturated heterocycles. The van der Waals surface area contributed by atoms with Gasteiger partial charge in [0.2, 0.25) is 0 Å².